The van der Waals surface area contributed by atoms with E-state index in [4.69, 9.17) is 5.73 Å². The number of rotatable bonds is 1. The van der Waals surface area contributed by atoms with Crippen LogP contribution in [0.5, 0.6) is 0 Å². The maximum atomic E-state index is 11.7. The molecule has 0 fully saturated rings. The highest BCUT2D eigenvalue weighted by molar-refractivity contribution is 9.10. The zero-order chi connectivity index (χ0) is 11.2. The number of nitrogens with one attached hydrogen (secondary N) is 1. The molecule has 3 N–H and O–H groups in total. The molecule has 2 rings (SSSR count). The van der Waals surface area contributed by atoms with Crippen LogP contribution in [0.25, 0.3) is 0 Å². The van der Waals surface area contributed by atoms with Gasteiger partial charge in [-0.2, -0.15) is 0 Å². The Morgan fingerprint density at radius 3 is 2.73 bits per heavy atom. The number of carbonyl (C=O) groups is 1. The molecule has 0 atom stereocenters. The Kier molecular flexibility index (Phi) is 2.35. The van der Waals surface area contributed by atoms with Gasteiger partial charge in [-0.05, 0) is 47.0 Å². The van der Waals surface area contributed by atoms with Crippen molar-refractivity contribution in [1.29, 1.82) is 0 Å². The third kappa shape index (κ3) is 1.48. The topological polar surface area (TPSA) is 55.1 Å². The molecular formula is C11H13BrN2O. The molecule has 80 valence electrons. The van der Waals surface area contributed by atoms with Gasteiger partial charge in [-0.15, -0.1) is 0 Å². The number of fused-ring (bicyclic) bond motifs is 1. The van der Waals surface area contributed by atoms with E-state index in [9.17, 15) is 4.79 Å². The molecule has 4 heteroatoms. The van der Waals surface area contributed by atoms with Crippen LogP contribution in [0.3, 0.4) is 0 Å². The Labute approximate surface area is 97.2 Å². The van der Waals surface area contributed by atoms with E-state index in [1.807, 2.05) is 26.0 Å². The number of anilines is 1. The van der Waals surface area contributed by atoms with Crippen molar-refractivity contribution in [2.24, 2.45) is 5.73 Å². The van der Waals surface area contributed by atoms with E-state index in [1.54, 1.807) is 0 Å². The average molecular weight is 269 g/mol. The Morgan fingerprint density at radius 1 is 1.47 bits per heavy atom. The molecular weight excluding hydrogens is 256 g/mol. The highest BCUT2D eigenvalue weighted by Crippen LogP contribution is 2.42. The fourth-order valence-corrected chi connectivity index (χ4v) is 2.40. The number of hydrogen-bond acceptors (Lipinski definition) is 2. The molecule has 1 heterocycles. The summed E-state index contributed by atoms with van der Waals surface area (Å²) in [4.78, 5) is 11.7. The lowest BCUT2D eigenvalue weighted by atomic mass is 9.85. The SMILES string of the molecule is CC1(C)C(=O)Nc2c(Br)cc(CN)cc21. The van der Waals surface area contributed by atoms with Crippen molar-refractivity contribution in [3.63, 3.8) is 0 Å². The monoisotopic (exact) mass is 268 g/mol. The van der Waals surface area contributed by atoms with Gasteiger partial charge in [-0.1, -0.05) is 6.07 Å². The fourth-order valence-electron chi connectivity index (χ4n) is 1.79. The standard InChI is InChI=1S/C11H13BrN2O/c1-11(2)7-3-6(5-13)4-8(12)9(7)14-10(11)15/h3-4H,5,13H2,1-2H3,(H,14,15). The van der Waals surface area contributed by atoms with Gasteiger partial charge in [0.15, 0.2) is 0 Å². The Bertz CT molecular complexity index is 440. The van der Waals surface area contributed by atoms with E-state index < -0.39 is 5.41 Å². The summed E-state index contributed by atoms with van der Waals surface area (Å²) >= 11 is 3.45. The number of carbonyl (C=O) groups excluding carboxylic acids is 1. The summed E-state index contributed by atoms with van der Waals surface area (Å²) in [5.74, 6) is 0.0346. The molecule has 0 saturated carbocycles. The minimum Gasteiger partial charge on any atom is -0.326 e. The van der Waals surface area contributed by atoms with Crippen molar-refractivity contribution < 1.29 is 4.79 Å². The maximum absolute atomic E-state index is 11.7. The van der Waals surface area contributed by atoms with Crippen LogP contribution in [0, 0.1) is 0 Å². The van der Waals surface area contributed by atoms with Gasteiger partial charge in [-0.3, -0.25) is 4.79 Å². The van der Waals surface area contributed by atoms with Crippen molar-refractivity contribution in [3.05, 3.63) is 27.7 Å². The van der Waals surface area contributed by atoms with E-state index in [2.05, 4.69) is 21.2 Å². The summed E-state index contributed by atoms with van der Waals surface area (Å²) in [7, 11) is 0. The molecule has 1 aromatic carbocycles. The lowest BCUT2D eigenvalue weighted by Crippen LogP contribution is -2.26. The number of hydrogen-bond donors (Lipinski definition) is 2. The maximum Gasteiger partial charge on any atom is 0.234 e. The van der Waals surface area contributed by atoms with E-state index in [0.717, 1.165) is 21.3 Å². The molecule has 0 spiro atoms. The predicted molar refractivity (Wildman–Crippen MR) is 63.7 cm³/mol. The smallest absolute Gasteiger partial charge is 0.234 e. The minimum absolute atomic E-state index is 0.0346. The van der Waals surface area contributed by atoms with Gasteiger partial charge in [0.25, 0.3) is 0 Å². The first kappa shape index (κ1) is 10.6. The Balaban J connectivity index is 2.66. The summed E-state index contributed by atoms with van der Waals surface area (Å²) in [6.45, 7) is 4.32. The normalized spacial score (nSPS) is 17.5. The molecule has 0 aliphatic carbocycles. The molecule has 0 aromatic heterocycles. The van der Waals surface area contributed by atoms with Crippen molar-refractivity contribution >= 4 is 27.5 Å². The van der Waals surface area contributed by atoms with Crippen molar-refractivity contribution in [1.82, 2.24) is 0 Å². The van der Waals surface area contributed by atoms with Crippen LogP contribution in [0.4, 0.5) is 5.69 Å². The van der Waals surface area contributed by atoms with Gasteiger partial charge >= 0.3 is 0 Å². The average Bonchev–Trinajstić information content (AvgIpc) is 2.41. The summed E-state index contributed by atoms with van der Waals surface area (Å²) in [5.41, 5.74) is 8.07. The highest BCUT2D eigenvalue weighted by atomic mass is 79.9. The van der Waals surface area contributed by atoms with E-state index >= 15 is 0 Å². The Morgan fingerprint density at radius 2 is 2.13 bits per heavy atom. The van der Waals surface area contributed by atoms with Crippen molar-refractivity contribution in [2.75, 3.05) is 5.32 Å². The summed E-state index contributed by atoms with van der Waals surface area (Å²) in [6.07, 6.45) is 0. The molecule has 1 aliphatic rings. The van der Waals surface area contributed by atoms with Crippen LogP contribution in [0.1, 0.15) is 25.0 Å². The number of halogens is 1. The van der Waals surface area contributed by atoms with Gasteiger partial charge < -0.3 is 11.1 Å². The number of amides is 1. The second kappa shape index (κ2) is 3.32. The Hall–Kier alpha value is -0.870. The molecule has 0 radical (unpaired) electrons. The summed E-state index contributed by atoms with van der Waals surface area (Å²) in [5, 5.41) is 2.88. The van der Waals surface area contributed by atoms with E-state index in [0.29, 0.717) is 6.54 Å². The molecule has 1 aliphatic heterocycles. The molecule has 0 saturated heterocycles. The van der Waals surface area contributed by atoms with Crippen LogP contribution in [-0.2, 0) is 16.8 Å². The van der Waals surface area contributed by atoms with Gasteiger partial charge in [0.1, 0.15) is 0 Å². The first-order chi connectivity index (χ1) is 6.96. The molecule has 1 amide bonds. The third-order valence-corrected chi connectivity index (χ3v) is 3.49. The van der Waals surface area contributed by atoms with Crippen LogP contribution >= 0.6 is 15.9 Å². The van der Waals surface area contributed by atoms with Gasteiger partial charge in [0, 0.05) is 11.0 Å². The zero-order valence-corrected chi connectivity index (χ0v) is 10.3. The lowest BCUT2D eigenvalue weighted by molar-refractivity contribution is -0.119. The number of benzene rings is 1. The fraction of sp³-hybridized carbons (Fsp3) is 0.364. The van der Waals surface area contributed by atoms with Crippen molar-refractivity contribution in [2.45, 2.75) is 25.8 Å². The largest absolute Gasteiger partial charge is 0.326 e. The first-order valence-corrected chi connectivity index (χ1v) is 5.60. The van der Waals surface area contributed by atoms with Gasteiger partial charge in [-0.25, -0.2) is 0 Å². The first-order valence-electron chi connectivity index (χ1n) is 4.81. The molecule has 0 bridgehead atoms. The molecule has 3 nitrogen and oxygen atoms in total. The summed E-state index contributed by atoms with van der Waals surface area (Å²) in [6, 6.07) is 3.94. The molecule has 15 heavy (non-hydrogen) atoms. The van der Waals surface area contributed by atoms with Crippen LogP contribution in [0.2, 0.25) is 0 Å². The predicted octanol–water partition coefficient (Wildman–Crippen LogP) is 2.14. The van der Waals surface area contributed by atoms with Crippen LogP contribution in [-0.4, -0.2) is 5.91 Å². The highest BCUT2D eigenvalue weighted by Gasteiger charge is 2.39. The third-order valence-electron chi connectivity index (χ3n) is 2.87. The van der Waals surface area contributed by atoms with Crippen LogP contribution < -0.4 is 11.1 Å². The quantitative estimate of drug-likeness (QED) is 0.820. The zero-order valence-electron chi connectivity index (χ0n) is 8.73. The molecule has 1 aromatic rings. The van der Waals surface area contributed by atoms with Gasteiger partial charge in [0.05, 0.1) is 11.1 Å². The lowest BCUT2D eigenvalue weighted by Gasteiger charge is -2.16. The minimum atomic E-state index is -0.469. The summed E-state index contributed by atoms with van der Waals surface area (Å²) < 4.78 is 0.902. The van der Waals surface area contributed by atoms with Crippen LogP contribution in [0.15, 0.2) is 16.6 Å². The van der Waals surface area contributed by atoms with Gasteiger partial charge in [0.2, 0.25) is 5.91 Å². The van der Waals surface area contributed by atoms with E-state index in [-0.39, 0.29) is 5.91 Å². The second-order valence-electron chi connectivity index (χ2n) is 4.28. The second-order valence-corrected chi connectivity index (χ2v) is 5.14. The molecule has 0 unspecified atom stereocenters. The van der Waals surface area contributed by atoms with Crippen molar-refractivity contribution in [3.8, 4) is 0 Å². The van der Waals surface area contributed by atoms with E-state index in [1.165, 1.54) is 0 Å². The number of nitrogens with two attached hydrogens (primary N) is 1.